The SMILES string of the molecule is COCCC(=O)N1CCCC1c1nc(C)cc(Oc2ccccc2F)n1. The van der Waals surface area contributed by atoms with Crippen molar-refractivity contribution in [2.75, 3.05) is 20.3 Å². The zero-order valence-electron chi connectivity index (χ0n) is 14.9. The monoisotopic (exact) mass is 359 g/mol. The molecule has 1 fully saturated rings. The van der Waals surface area contributed by atoms with Gasteiger partial charge in [0.25, 0.3) is 0 Å². The van der Waals surface area contributed by atoms with E-state index in [1.165, 1.54) is 6.07 Å². The summed E-state index contributed by atoms with van der Waals surface area (Å²) in [5, 5.41) is 0. The summed E-state index contributed by atoms with van der Waals surface area (Å²) in [4.78, 5) is 23.1. The Kier molecular flexibility index (Phi) is 5.78. The summed E-state index contributed by atoms with van der Waals surface area (Å²) in [6.45, 7) is 2.89. The number of aryl methyl sites for hydroxylation is 1. The maximum absolute atomic E-state index is 13.8. The number of aromatic nitrogens is 2. The van der Waals surface area contributed by atoms with Crippen molar-refractivity contribution < 1.29 is 18.7 Å². The lowest BCUT2D eigenvalue weighted by Crippen LogP contribution is -2.32. The van der Waals surface area contributed by atoms with Crippen molar-refractivity contribution in [1.82, 2.24) is 14.9 Å². The number of carbonyl (C=O) groups excluding carboxylic acids is 1. The van der Waals surface area contributed by atoms with Crippen molar-refractivity contribution in [3.8, 4) is 11.6 Å². The van der Waals surface area contributed by atoms with E-state index in [1.54, 1.807) is 36.3 Å². The Balaban J connectivity index is 1.82. The topological polar surface area (TPSA) is 64.5 Å². The zero-order chi connectivity index (χ0) is 18.5. The van der Waals surface area contributed by atoms with Crippen molar-refractivity contribution in [2.45, 2.75) is 32.2 Å². The molecule has 1 aromatic heterocycles. The summed E-state index contributed by atoms with van der Waals surface area (Å²) in [5.74, 6) is 0.475. The first-order valence-electron chi connectivity index (χ1n) is 8.65. The van der Waals surface area contributed by atoms with Crippen LogP contribution in [0.2, 0.25) is 0 Å². The molecule has 2 aromatic rings. The number of amides is 1. The highest BCUT2D eigenvalue weighted by atomic mass is 19.1. The molecule has 6 nitrogen and oxygen atoms in total. The fraction of sp³-hybridized carbons (Fsp3) is 0.421. The molecule has 1 aromatic carbocycles. The maximum Gasteiger partial charge on any atom is 0.225 e. The Labute approximate surface area is 152 Å². The Bertz CT molecular complexity index is 784. The van der Waals surface area contributed by atoms with Gasteiger partial charge in [-0.15, -0.1) is 0 Å². The van der Waals surface area contributed by atoms with Gasteiger partial charge in [0, 0.05) is 25.4 Å². The number of likely N-dealkylation sites (tertiary alicyclic amines) is 1. The van der Waals surface area contributed by atoms with E-state index < -0.39 is 5.82 Å². The van der Waals surface area contributed by atoms with E-state index in [2.05, 4.69) is 9.97 Å². The highest BCUT2D eigenvalue weighted by molar-refractivity contribution is 5.77. The molecule has 1 aliphatic rings. The standard InChI is InChI=1S/C19H22FN3O3/c1-13-12-17(26-16-8-4-3-6-14(16)20)22-19(21-13)15-7-5-10-23(15)18(24)9-11-25-2/h3-4,6,8,12,15H,5,7,9-11H2,1-2H3. The van der Waals surface area contributed by atoms with Crippen LogP contribution in [0.3, 0.4) is 0 Å². The number of rotatable bonds is 6. The Morgan fingerprint density at radius 3 is 2.92 bits per heavy atom. The van der Waals surface area contributed by atoms with E-state index in [4.69, 9.17) is 9.47 Å². The second kappa shape index (κ2) is 8.23. The van der Waals surface area contributed by atoms with Gasteiger partial charge in [0.05, 0.1) is 19.1 Å². The molecular weight excluding hydrogens is 337 g/mol. The van der Waals surface area contributed by atoms with Crippen LogP contribution in [0.15, 0.2) is 30.3 Å². The predicted molar refractivity (Wildman–Crippen MR) is 93.4 cm³/mol. The smallest absolute Gasteiger partial charge is 0.225 e. The third-order valence-corrected chi connectivity index (χ3v) is 4.29. The van der Waals surface area contributed by atoms with Crippen molar-refractivity contribution >= 4 is 5.91 Å². The van der Waals surface area contributed by atoms with Gasteiger partial charge in [-0.05, 0) is 31.9 Å². The number of nitrogens with zero attached hydrogens (tertiary/aromatic N) is 3. The molecule has 7 heteroatoms. The molecule has 138 valence electrons. The molecule has 3 rings (SSSR count). The van der Waals surface area contributed by atoms with Crippen molar-refractivity contribution in [1.29, 1.82) is 0 Å². The number of carbonyl (C=O) groups is 1. The van der Waals surface area contributed by atoms with E-state index in [0.29, 0.717) is 31.1 Å². The number of hydrogen-bond donors (Lipinski definition) is 0. The maximum atomic E-state index is 13.8. The van der Waals surface area contributed by atoms with Crippen LogP contribution in [0.1, 0.15) is 36.8 Å². The zero-order valence-corrected chi connectivity index (χ0v) is 14.9. The average Bonchev–Trinajstić information content (AvgIpc) is 3.11. The number of halogens is 1. The van der Waals surface area contributed by atoms with Crippen molar-refractivity contribution in [3.05, 3.63) is 47.7 Å². The number of methoxy groups -OCH3 is 1. The largest absolute Gasteiger partial charge is 0.436 e. The lowest BCUT2D eigenvalue weighted by atomic mass is 10.2. The summed E-state index contributed by atoms with van der Waals surface area (Å²) in [6, 6.07) is 7.63. The molecule has 1 atom stereocenters. The van der Waals surface area contributed by atoms with Gasteiger partial charge in [0.1, 0.15) is 0 Å². The van der Waals surface area contributed by atoms with Crippen LogP contribution in [0.25, 0.3) is 0 Å². The number of ether oxygens (including phenoxy) is 2. The van der Waals surface area contributed by atoms with Crippen LogP contribution in [0, 0.1) is 12.7 Å². The van der Waals surface area contributed by atoms with Crippen molar-refractivity contribution in [3.63, 3.8) is 0 Å². The highest BCUT2D eigenvalue weighted by Crippen LogP contribution is 2.32. The number of benzene rings is 1. The van der Waals surface area contributed by atoms with E-state index in [9.17, 15) is 9.18 Å². The third kappa shape index (κ3) is 4.16. The molecule has 0 spiro atoms. The minimum atomic E-state index is -0.456. The van der Waals surface area contributed by atoms with Gasteiger partial charge in [-0.2, -0.15) is 4.98 Å². The van der Waals surface area contributed by atoms with E-state index >= 15 is 0 Å². The van der Waals surface area contributed by atoms with Crippen LogP contribution in [-0.2, 0) is 9.53 Å². The fourth-order valence-electron chi connectivity index (χ4n) is 3.07. The quantitative estimate of drug-likeness (QED) is 0.791. The molecule has 0 saturated carbocycles. The third-order valence-electron chi connectivity index (χ3n) is 4.29. The summed E-state index contributed by atoms with van der Waals surface area (Å²) in [5.41, 5.74) is 0.706. The molecule has 26 heavy (non-hydrogen) atoms. The van der Waals surface area contributed by atoms with Gasteiger partial charge in [-0.1, -0.05) is 12.1 Å². The van der Waals surface area contributed by atoms with Crippen LogP contribution in [-0.4, -0.2) is 41.0 Å². The Morgan fingerprint density at radius 2 is 2.15 bits per heavy atom. The number of para-hydroxylation sites is 1. The van der Waals surface area contributed by atoms with E-state index in [1.807, 2.05) is 6.92 Å². The summed E-state index contributed by atoms with van der Waals surface area (Å²) in [6.07, 6.45) is 2.02. The molecule has 1 aliphatic heterocycles. The predicted octanol–water partition coefficient (Wildman–Crippen LogP) is 3.42. The first-order chi connectivity index (χ1) is 12.6. The fourth-order valence-corrected chi connectivity index (χ4v) is 3.07. The average molecular weight is 359 g/mol. The van der Waals surface area contributed by atoms with Crippen LogP contribution < -0.4 is 4.74 Å². The van der Waals surface area contributed by atoms with Gasteiger partial charge in [0.15, 0.2) is 17.4 Å². The molecule has 2 heterocycles. The molecule has 0 N–H and O–H groups in total. The Morgan fingerprint density at radius 1 is 1.35 bits per heavy atom. The molecule has 0 aliphatic carbocycles. The molecule has 1 amide bonds. The minimum absolute atomic E-state index is 0.0241. The number of hydrogen-bond acceptors (Lipinski definition) is 5. The van der Waals surface area contributed by atoms with Gasteiger partial charge < -0.3 is 14.4 Å². The lowest BCUT2D eigenvalue weighted by Gasteiger charge is -2.24. The normalized spacial score (nSPS) is 16.7. The van der Waals surface area contributed by atoms with Crippen molar-refractivity contribution in [2.24, 2.45) is 0 Å². The van der Waals surface area contributed by atoms with E-state index in [-0.39, 0.29) is 23.6 Å². The minimum Gasteiger partial charge on any atom is -0.436 e. The Hall–Kier alpha value is -2.54. The lowest BCUT2D eigenvalue weighted by molar-refractivity contribution is -0.133. The summed E-state index contributed by atoms with van der Waals surface area (Å²) < 4.78 is 24.4. The second-order valence-electron chi connectivity index (χ2n) is 6.23. The summed E-state index contributed by atoms with van der Waals surface area (Å²) >= 11 is 0. The molecule has 0 bridgehead atoms. The van der Waals surface area contributed by atoms with Gasteiger partial charge >= 0.3 is 0 Å². The van der Waals surface area contributed by atoms with Gasteiger partial charge in [0.2, 0.25) is 11.8 Å². The molecule has 1 saturated heterocycles. The second-order valence-corrected chi connectivity index (χ2v) is 6.23. The van der Waals surface area contributed by atoms with E-state index in [0.717, 1.165) is 12.8 Å². The van der Waals surface area contributed by atoms with Gasteiger partial charge in [-0.3, -0.25) is 4.79 Å². The molecule has 0 radical (unpaired) electrons. The first kappa shape index (κ1) is 18.3. The highest BCUT2D eigenvalue weighted by Gasteiger charge is 2.32. The van der Waals surface area contributed by atoms with Crippen LogP contribution in [0.4, 0.5) is 4.39 Å². The van der Waals surface area contributed by atoms with Crippen LogP contribution >= 0.6 is 0 Å². The molecule has 1 unspecified atom stereocenters. The molecular formula is C19H22FN3O3. The summed E-state index contributed by atoms with van der Waals surface area (Å²) in [7, 11) is 1.57. The van der Waals surface area contributed by atoms with Crippen LogP contribution in [0.5, 0.6) is 11.6 Å². The van der Waals surface area contributed by atoms with Gasteiger partial charge in [-0.25, -0.2) is 9.37 Å². The first-order valence-corrected chi connectivity index (χ1v) is 8.65.